The largest absolute Gasteiger partial charge is 0.377 e. The number of nitrogens with zero attached hydrogens (tertiary/aromatic N) is 2. The van der Waals surface area contributed by atoms with Gasteiger partial charge in [-0.2, -0.15) is 0 Å². The van der Waals surface area contributed by atoms with Gasteiger partial charge in [0.05, 0.1) is 5.69 Å². The third kappa shape index (κ3) is 2.96. The van der Waals surface area contributed by atoms with Gasteiger partial charge < -0.3 is 14.2 Å². The van der Waals surface area contributed by atoms with Crippen molar-refractivity contribution >= 4 is 22.4 Å². The summed E-state index contributed by atoms with van der Waals surface area (Å²) in [5.41, 5.74) is 1.15. The Bertz CT molecular complexity index is 821. The van der Waals surface area contributed by atoms with Crippen LogP contribution in [0.25, 0.3) is 10.8 Å². The zero-order chi connectivity index (χ0) is 16.2. The number of aromatic nitrogens is 1. The molecule has 2 aromatic carbocycles. The fourth-order valence-electron chi connectivity index (χ4n) is 2.63. The molecule has 3 rings (SSSR count). The maximum absolute atomic E-state index is 12.8. The van der Waals surface area contributed by atoms with Crippen molar-refractivity contribution in [2.24, 2.45) is 0 Å². The van der Waals surface area contributed by atoms with Crippen LogP contribution in [-0.4, -0.2) is 24.7 Å². The molecule has 0 saturated carbocycles. The lowest BCUT2D eigenvalue weighted by Gasteiger charge is -2.21. The van der Waals surface area contributed by atoms with E-state index in [-0.39, 0.29) is 11.6 Å². The van der Waals surface area contributed by atoms with Crippen molar-refractivity contribution in [3.63, 3.8) is 0 Å². The van der Waals surface area contributed by atoms with Gasteiger partial charge in [-0.25, -0.2) is 0 Å². The summed E-state index contributed by atoms with van der Waals surface area (Å²) in [6, 6.07) is 15.6. The third-order valence-corrected chi connectivity index (χ3v) is 3.68. The zero-order valence-electron chi connectivity index (χ0n) is 13.2. The Hall–Kier alpha value is -2.66. The molecule has 0 aliphatic carbocycles. The predicted octanol–water partition coefficient (Wildman–Crippen LogP) is 3.64. The third-order valence-electron chi connectivity index (χ3n) is 3.68. The molecule has 1 amide bonds. The minimum Gasteiger partial charge on any atom is -0.377 e. The second kappa shape index (κ2) is 6.62. The zero-order valence-corrected chi connectivity index (χ0v) is 13.2. The van der Waals surface area contributed by atoms with Crippen LogP contribution in [0.1, 0.15) is 23.2 Å². The lowest BCUT2D eigenvalue weighted by atomic mass is 10.1. The number of hydrogen-bond donors (Lipinski definition) is 0. The van der Waals surface area contributed by atoms with Gasteiger partial charge in [-0.15, -0.1) is 0 Å². The molecule has 0 bridgehead atoms. The van der Waals surface area contributed by atoms with Crippen molar-refractivity contribution in [1.82, 2.24) is 5.16 Å². The molecule has 0 saturated heterocycles. The molecule has 0 aliphatic heterocycles. The molecule has 0 radical (unpaired) electrons. The van der Waals surface area contributed by atoms with Crippen LogP contribution in [0.15, 0.2) is 53.1 Å². The summed E-state index contributed by atoms with van der Waals surface area (Å²) in [6.07, 6.45) is 0. The molecule has 23 heavy (non-hydrogen) atoms. The van der Waals surface area contributed by atoms with Crippen molar-refractivity contribution in [2.75, 3.05) is 18.6 Å². The van der Waals surface area contributed by atoms with E-state index < -0.39 is 0 Å². The van der Waals surface area contributed by atoms with E-state index in [1.54, 1.807) is 18.1 Å². The van der Waals surface area contributed by atoms with Crippen molar-refractivity contribution in [2.45, 2.75) is 13.5 Å². The summed E-state index contributed by atoms with van der Waals surface area (Å²) >= 11 is 0. The summed E-state index contributed by atoms with van der Waals surface area (Å²) in [5, 5.41) is 5.99. The summed E-state index contributed by atoms with van der Waals surface area (Å²) in [6.45, 7) is 2.77. The van der Waals surface area contributed by atoms with Gasteiger partial charge in [0.2, 0.25) is 0 Å². The van der Waals surface area contributed by atoms with Gasteiger partial charge in [-0.05, 0) is 18.4 Å². The van der Waals surface area contributed by atoms with E-state index in [1.165, 1.54) is 0 Å². The van der Waals surface area contributed by atoms with Crippen LogP contribution in [0, 0.1) is 0 Å². The van der Waals surface area contributed by atoms with Gasteiger partial charge in [0.15, 0.2) is 11.5 Å². The van der Waals surface area contributed by atoms with Crippen LogP contribution in [0.4, 0.5) is 5.69 Å². The van der Waals surface area contributed by atoms with E-state index in [4.69, 9.17) is 9.26 Å². The summed E-state index contributed by atoms with van der Waals surface area (Å²) in [7, 11) is 1.57. The van der Waals surface area contributed by atoms with Gasteiger partial charge in [-0.1, -0.05) is 41.6 Å². The highest BCUT2D eigenvalue weighted by Gasteiger charge is 2.21. The topological polar surface area (TPSA) is 55.6 Å². The Kier molecular flexibility index (Phi) is 4.39. The number of hydrogen-bond acceptors (Lipinski definition) is 4. The van der Waals surface area contributed by atoms with Crippen molar-refractivity contribution in [1.29, 1.82) is 0 Å². The van der Waals surface area contributed by atoms with E-state index in [0.29, 0.717) is 18.9 Å². The van der Waals surface area contributed by atoms with Crippen LogP contribution < -0.4 is 4.90 Å². The molecule has 0 spiro atoms. The number of carbonyl (C=O) groups excluding carboxylic acids is 1. The lowest BCUT2D eigenvalue weighted by Crippen LogP contribution is -2.31. The number of methoxy groups -OCH3 is 1. The minimum atomic E-state index is -0.185. The van der Waals surface area contributed by atoms with Crippen LogP contribution in [0.5, 0.6) is 0 Å². The first-order valence-electron chi connectivity index (χ1n) is 7.48. The average Bonchev–Trinajstić information content (AvgIpc) is 3.05. The normalized spacial score (nSPS) is 10.9. The van der Waals surface area contributed by atoms with Gasteiger partial charge in [0.25, 0.3) is 5.91 Å². The first-order valence-corrected chi connectivity index (χ1v) is 7.48. The molecule has 0 fully saturated rings. The number of amides is 1. The Morgan fingerprint density at radius 1 is 1.22 bits per heavy atom. The predicted molar refractivity (Wildman–Crippen MR) is 88.5 cm³/mol. The fraction of sp³-hybridized carbons (Fsp3) is 0.222. The smallest absolute Gasteiger partial charge is 0.280 e. The molecule has 0 N–H and O–H groups in total. The number of anilines is 1. The maximum atomic E-state index is 12.8. The van der Waals surface area contributed by atoms with E-state index >= 15 is 0 Å². The molecule has 118 valence electrons. The highest BCUT2D eigenvalue weighted by atomic mass is 16.5. The van der Waals surface area contributed by atoms with Gasteiger partial charge in [0, 0.05) is 25.1 Å². The number of fused-ring (bicyclic) bond motifs is 1. The fourth-order valence-corrected chi connectivity index (χ4v) is 2.63. The maximum Gasteiger partial charge on any atom is 0.280 e. The van der Waals surface area contributed by atoms with Crippen molar-refractivity contribution in [3.8, 4) is 0 Å². The first kappa shape index (κ1) is 15.2. The molecule has 1 aromatic heterocycles. The Morgan fingerprint density at radius 2 is 2.00 bits per heavy atom. The van der Waals surface area contributed by atoms with Crippen LogP contribution in [0.2, 0.25) is 0 Å². The summed E-state index contributed by atoms with van der Waals surface area (Å²) in [5.74, 6) is 0.347. The Labute approximate surface area is 134 Å². The number of ether oxygens (including phenoxy) is 1. The highest BCUT2D eigenvalue weighted by Crippen LogP contribution is 2.27. The Morgan fingerprint density at radius 3 is 2.78 bits per heavy atom. The number of carbonyl (C=O) groups is 1. The van der Waals surface area contributed by atoms with Gasteiger partial charge in [0.1, 0.15) is 6.61 Å². The van der Waals surface area contributed by atoms with Crippen molar-refractivity contribution in [3.05, 3.63) is 60.0 Å². The van der Waals surface area contributed by atoms with Crippen LogP contribution in [-0.2, 0) is 11.3 Å². The molecular weight excluding hydrogens is 292 g/mol. The Balaban J connectivity index is 1.99. The molecule has 1 heterocycles. The molecular formula is C18H18N2O3. The molecule has 3 aromatic rings. The monoisotopic (exact) mass is 310 g/mol. The molecule has 0 aliphatic rings. The van der Waals surface area contributed by atoms with E-state index in [1.807, 2.05) is 49.4 Å². The van der Waals surface area contributed by atoms with Gasteiger partial charge in [-0.3, -0.25) is 4.79 Å². The first-order chi connectivity index (χ1) is 11.2. The highest BCUT2D eigenvalue weighted by molar-refractivity contribution is 6.09. The minimum absolute atomic E-state index is 0.185. The average molecular weight is 310 g/mol. The van der Waals surface area contributed by atoms with Crippen LogP contribution >= 0.6 is 0 Å². The van der Waals surface area contributed by atoms with Crippen LogP contribution in [0.3, 0.4) is 0 Å². The quantitative estimate of drug-likeness (QED) is 0.722. The second-order valence-corrected chi connectivity index (χ2v) is 5.16. The second-order valence-electron chi connectivity index (χ2n) is 5.16. The molecule has 5 nitrogen and oxygen atoms in total. The van der Waals surface area contributed by atoms with Gasteiger partial charge >= 0.3 is 0 Å². The number of benzene rings is 2. The lowest BCUT2D eigenvalue weighted by molar-refractivity contribution is 0.0979. The van der Waals surface area contributed by atoms with E-state index in [0.717, 1.165) is 16.5 Å². The molecule has 5 heteroatoms. The molecule has 0 atom stereocenters. The van der Waals surface area contributed by atoms with E-state index in [9.17, 15) is 4.79 Å². The number of rotatable bonds is 5. The summed E-state index contributed by atoms with van der Waals surface area (Å²) in [4.78, 5) is 14.5. The summed E-state index contributed by atoms with van der Waals surface area (Å²) < 4.78 is 10.1. The SMILES string of the molecule is CCN(C(=O)c1cc(COC)on1)c1cccc2ccccc12. The van der Waals surface area contributed by atoms with E-state index in [2.05, 4.69) is 5.16 Å². The molecule has 0 unspecified atom stereocenters. The standard InChI is InChI=1S/C18H18N2O3/c1-3-20(18(21)16-11-14(12-22-2)23-19-16)17-10-6-8-13-7-4-5-9-15(13)17/h4-11H,3,12H2,1-2H3. The van der Waals surface area contributed by atoms with Crippen molar-refractivity contribution < 1.29 is 14.1 Å².